The van der Waals surface area contributed by atoms with E-state index < -0.39 is 0 Å². The van der Waals surface area contributed by atoms with Crippen molar-refractivity contribution in [2.24, 2.45) is 0 Å². The Morgan fingerprint density at radius 2 is 1.69 bits per heavy atom. The number of nitrogens with one attached hydrogen (secondary N) is 1. The monoisotopic (exact) mass is 406 g/mol. The highest BCUT2D eigenvalue weighted by atomic mass is 32.1. The molecular weight excluding hydrogens is 380 g/mol. The zero-order valence-electron chi connectivity index (χ0n) is 16.7. The Morgan fingerprint density at radius 1 is 1.00 bits per heavy atom. The first-order chi connectivity index (χ1) is 14.2. The maximum absolute atomic E-state index is 12.4. The molecule has 1 N–H and O–H groups in total. The molecular formula is C23H26N4OS. The third-order valence-electron chi connectivity index (χ3n) is 5.40. The van der Waals surface area contributed by atoms with Crippen molar-refractivity contribution in [2.45, 2.75) is 20.0 Å². The highest BCUT2D eigenvalue weighted by Gasteiger charge is 2.18. The summed E-state index contributed by atoms with van der Waals surface area (Å²) < 4.78 is 0. The lowest BCUT2D eigenvalue weighted by Crippen LogP contribution is -2.46. The standard InChI is InChI=1S/C23H26N4OS/c1-18-22(29-17-25-18)23(28)24-15-19-7-5-6-8-20(19)16-26-11-13-27(14-12-26)21-9-3-2-4-10-21/h2-10,17H,11-16H2,1H3,(H,24,28). The van der Waals surface area contributed by atoms with Gasteiger partial charge in [0.25, 0.3) is 5.91 Å². The fraction of sp³-hybridized carbons (Fsp3) is 0.304. The Hall–Kier alpha value is -2.70. The van der Waals surface area contributed by atoms with Crippen molar-refractivity contribution in [2.75, 3.05) is 31.1 Å². The van der Waals surface area contributed by atoms with Crippen molar-refractivity contribution in [3.63, 3.8) is 0 Å². The summed E-state index contributed by atoms with van der Waals surface area (Å²) in [6, 6.07) is 19.0. The smallest absolute Gasteiger partial charge is 0.263 e. The SMILES string of the molecule is Cc1ncsc1C(=O)NCc1ccccc1CN1CCN(c2ccccc2)CC1. The van der Waals surface area contributed by atoms with Crippen LogP contribution in [0.1, 0.15) is 26.5 Å². The summed E-state index contributed by atoms with van der Waals surface area (Å²) in [7, 11) is 0. The fourth-order valence-electron chi connectivity index (χ4n) is 3.70. The van der Waals surface area contributed by atoms with E-state index in [1.165, 1.54) is 28.2 Å². The van der Waals surface area contributed by atoms with E-state index in [1.807, 2.05) is 13.0 Å². The van der Waals surface area contributed by atoms with Crippen molar-refractivity contribution < 1.29 is 4.79 Å². The lowest BCUT2D eigenvalue weighted by molar-refractivity contribution is 0.0954. The molecule has 2 aromatic carbocycles. The van der Waals surface area contributed by atoms with Gasteiger partial charge in [0.1, 0.15) is 4.88 Å². The van der Waals surface area contributed by atoms with Gasteiger partial charge in [0, 0.05) is 45.0 Å². The summed E-state index contributed by atoms with van der Waals surface area (Å²) in [5.41, 5.74) is 6.26. The zero-order valence-corrected chi connectivity index (χ0v) is 17.5. The maximum Gasteiger partial charge on any atom is 0.263 e. The van der Waals surface area contributed by atoms with E-state index in [2.05, 4.69) is 68.6 Å². The number of aromatic nitrogens is 1. The minimum absolute atomic E-state index is 0.0451. The lowest BCUT2D eigenvalue weighted by atomic mass is 10.1. The molecule has 0 saturated carbocycles. The number of rotatable bonds is 6. The van der Waals surface area contributed by atoms with Crippen LogP contribution in [0, 0.1) is 6.92 Å². The van der Waals surface area contributed by atoms with Gasteiger partial charge in [-0.2, -0.15) is 0 Å². The lowest BCUT2D eigenvalue weighted by Gasteiger charge is -2.36. The quantitative estimate of drug-likeness (QED) is 0.678. The minimum atomic E-state index is -0.0451. The Labute approximate surface area is 176 Å². The minimum Gasteiger partial charge on any atom is -0.369 e. The Bertz CT molecular complexity index is 948. The molecule has 0 atom stereocenters. The van der Waals surface area contributed by atoms with Gasteiger partial charge in [0.2, 0.25) is 0 Å². The summed E-state index contributed by atoms with van der Waals surface area (Å²) in [6.07, 6.45) is 0. The molecule has 4 rings (SSSR count). The van der Waals surface area contributed by atoms with Crippen LogP contribution in [0.15, 0.2) is 60.1 Å². The van der Waals surface area contributed by atoms with Gasteiger partial charge in [-0.1, -0.05) is 42.5 Å². The predicted octanol–water partition coefficient (Wildman–Crippen LogP) is 3.70. The third-order valence-corrected chi connectivity index (χ3v) is 6.32. The van der Waals surface area contributed by atoms with Gasteiger partial charge in [-0.3, -0.25) is 9.69 Å². The number of carbonyl (C=O) groups is 1. The van der Waals surface area contributed by atoms with E-state index in [-0.39, 0.29) is 5.91 Å². The van der Waals surface area contributed by atoms with Gasteiger partial charge in [0.05, 0.1) is 11.2 Å². The summed E-state index contributed by atoms with van der Waals surface area (Å²) in [5.74, 6) is -0.0451. The fourth-order valence-corrected chi connectivity index (χ4v) is 4.42. The van der Waals surface area contributed by atoms with Gasteiger partial charge in [-0.15, -0.1) is 11.3 Å². The molecule has 1 saturated heterocycles. The molecule has 0 unspecified atom stereocenters. The van der Waals surface area contributed by atoms with E-state index in [9.17, 15) is 4.79 Å². The molecule has 1 aromatic heterocycles. The molecule has 1 aliphatic rings. The van der Waals surface area contributed by atoms with E-state index in [0.29, 0.717) is 11.4 Å². The Kier molecular flexibility index (Phi) is 6.22. The number of benzene rings is 2. The first-order valence-electron chi connectivity index (χ1n) is 9.98. The number of amides is 1. The predicted molar refractivity (Wildman–Crippen MR) is 118 cm³/mol. The number of para-hydroxylation sites is 1. The molecule has 1 aliphatic heterocycles. The molecule has 0 spiro atoms. The van der Waals surface area contributed by atoms with Gasteiger partial charge >= 0.3 is 0 Å². The zero-order chi connectivity index (χ0) is 20.1. The normalized spacial score (nSPS) is 14.7. The van der Waals surface area contributed by atoms with Gasteiger partial charge < -0.3 is 10.2 Å². The van der Waals surface area contributed by atoms with Crippen molar-refractivity contribution in [3.8, 4) is 0 Å². The number of anilines is 1. The molecule has 150 valence electrons. The van der Waals surface area contributed by atoms with Gasteiger partial charge in [0.15, 0.2) is 0 Å². The van der Waals surface area contributed by atoms with Crippen LogP contribution in [-0.4, -0.2) is 42.0 Å². The second-order valence-corrected chi connectivity index (χ2v) is 8.17. The number of hydrogen-bond donors (Lipinski definition) is 1. The van der Waals surface area contributed by atoms with Crippen LogP contribution in [0.4, 0.5) is 5.69 Å². The molecule has 1 fully saturated rings. The number of nitrogens with zero attached hydrogens (tertiary/aromatic N) is 3. The maximum atomic E-state index is 12.4. The molecule has 0 bridgehead atoms. The van der Waals surface area contributed by atoms with Crippen LogP contribution in [0.5, 0.6) is 0 Å². The molecule has 1 amide bonds. The van der Waals surface area contributed by atoms with E-state index in [0.717, 1.165) is 38.4 Å². The molecule has 2 heterocycles. The average Bonchev–Trinajstić information content (AvgIpc) is 3.20. The number of carbonyl (C=O) groups excluding carboxylic acids is 1. The van der Waals surface area contributed by atoms with Crippen molar-refractivity contribution in [1.29, 1.82) is 0 Å². The van der Waals surface area contributed by atoms with E-state index >= 15 is 0 Å². The Balaban J connectivity index is 1.34. The first kappa shape index (κ1) is 19.6. The highest BCUT2D eigenvalue weighted by Crippen LogP contribution is 2.18. The summed E-state index contributed by atoms with van der Waals surface area (Å²) in [4.78, 5) is 22.2. The molecule has 0 radical (unpaired) electrons. The molecule has 0 aliphatic carbocycles. The van der Waals surface area contributed by atoms with Crippen molar-refractivity contribution >= 4 is 22.9 Å². The second-order valence-electron chi connectivity index (χ2n) is 7.32. The van der Waals surface area contributed by atoms with Crippen LogP contribution >= 0.6 is 11.3 Å². The third kappa shape index (κ3) is 4.83. The van der Waals surface area contributed by atoms with Crippen LogP contribution < -0.4 is 10.2 Å². The highest BCUT2D eigenvalue weighted by molar-refractivity contribution is 7.11. The summed E-state index contributed by atoms with van der Waals surface area (Å²) in [5, 5.41) is 3.05. The Morgan fingerprint density at radius 3 is 2.38 bits per heavy atom. The largest absolute Gasteiger partial charge is 0.369 e. The van der Waals surface area contributed by atoms with Gasteiger partial charge in [-0.05, 0) is 30.2 Å². The number of aryl methyl sites for hydroxylation is 1. The number of thiazole rings is 1. The molecule has 6 heteroatoms. The topological polar surface area (TPSA) is 48.5 Å². The van der Waals surface area contributed by atoms with E-state index in [4.69, 9.17) is 0 Å². The summed E-state index contributed by atoms with van der Waals surface area (Å²) >= 11 is 1.39. The van der Waals surface area contributed by atoms with Crippen LogP contribution in [0.2, 0.25) is 0 Å². The molecule has 5 nitrogen and oxygen atoms in total. The van der Waals surface area contributed by atoms with Crippen LogP contribution in [0.25, 0.3) is 0 Å². The summed E-state index contributed by atoms with van der Waals surface area (Å²) in [6.45, 7) is 7.46. The number of piperazine rings is 1. The average molecular weight is 407 g/mol. The first-order valence-corrected chi connectivity index (χ1v) is 10.9. The second kappa shape index (κ2) is 9.20. The van der Waals surface area contributed by atoms with E-state index in [1.54, 1.807) is 5.51 Å². The molecule has 29 heavy (non-hydrogen) atoms. The van der Waals surface area contributed by atoms with Crippen LogP contribution in [0.3, 0.4) is 0 Å². The van der Waals surface area contributed by atoms with Crippen molar-refractivity contribution in [1.82, 2.24) is 15.2 Å². The van der Waals surface area contributed by atoms with Crippen LogP contribution in [-0.2, 0) is 13.1 Å². The van der Waals surface area contributed by atoms with Crippen molar-refractivity contribution in [3.05, 3.63) is 81.8 Å². The number of hydrogen-bond acceptors (Lipinski definition) is 5. The molecule has 3 aromatic rings. The van der Waals surface area contributed by atoms with Gasteiger partial charge in [-0.25, -0.2) is 4.98 Å².